The van der Waals surface area contributed by atoms with Crippen LogP contribution in [0.1, 0.15) is 31.1 Å². The summed E-state index contributed by atoms with van der Waals surface area (Å²) in [6, 6.07) is 13.7. The lowest BCUT2D eigenvalue weighted by Crippen LogP contribution is -2.47. The molecule has 138 valence electrons. The predicted molar refractivity (Wildman–Crippen MR) is 106 cm³/mol. The minimum absolute atomic E-state index is 0.0827. The van der Waals surface area contributed by atoms with Crippen LogP contribution in [0.25, 0.3) is 0 Å². The SMILES string of the molecule is CCOc1ccccc1NC(=O)[C@@H](NC(=O)c1ccccc1Br)C(C)C. The minimum atomic E-state index is -0.677. The van der Waals surface area contributed by atoms with E-state index >= 15 is 0 Å². The number of ether oxygens (including phenoxy) is 1. The molecule has 26 heavy (non-hydrogen) atoms. The average Bonchev–Trinajstić information content (AvgIpc) is 2.61. The van der Waals surface area contributed by atoms with Gasteiger partial charge in [-0.1, -0.05) is 38.1 Å². The van der Waals surface area contributed by atoms with Gasteiger partial charge < -0.3 is 15.4 Å². The Kier molecular flexibility index (Phi) is 7.21. The van der Waals surface area contributed by atoms with Crippen molar-refractivity contribution in [1.29, 1.82) is 0 Å². The molecule has 0 saturated heterocycles. The Morgan fingerprint density at radius 3 is 2.38 bits per heavy atom. The van der Waals surface area contributed by atoms with Crippen molar-refractivity contribution in [2.45, 2.75) is 26.8 Å². The van der Waals surface area contributed by atoms with Crippen LogP contribution in [0.4, 0.5) is 5.69 Å². The molecule has 0 spiro atoms. The molecule has 5 nitrogen and oxygen atoms in total. The predicted octanol–water partition coefficient (Wildman–Crippen LogP) is 4.24. The third kappa shape index (κ3) is 5.08. The number of anilines is 1. The molecule has 1 atom stereocenters. The molecule has 0 radical (unpaired) electrons. The Balaban J connectivity index is 2.16. The van der Waals surface area contributed by atoms with Crippen LogP contribution < -0.4 is 15.4 Å². The van der Waals surface area contributed by atoms with Crippen LogP contribution in [0.5, 0.6) is 5.75 Å². The highest BCUT2D eigenvalue weighted by atomic mass is 79.9. The smallest absolute Gasteiger partial charge is 0.253 e. The number of para-hydroxylation sites is 2. The van der Waals surface area contributed by atoms with Gasteiger partial charge in [0, 0.05) is 4.47 Å². The van der Waals surface area contributed by atoms with Gasteiger partial charge in [-0.25, -0.2) is 0 Å². The van der Waals surface area contributed by atoms with Crippen LogP contribution in [0.15, 0.2) is 53.0 Å². The Hall–Kier alpha value is -2.34. The number of rotatable bonds is 7. The quantitative estimate of drug-likeness (QED) is 0.706. The van der Waals surface area contributed by atoms with Gasteiger partial charge in [-0.3, -0.25) is 9.59 Å². The number of hydrogen-bond donors (Lipinski definition) is 2. The summed E-state index contributed by atoms with van der Waals surface area (Å²) in [5.41, 5.74) is 1.07. The highest BCUT2D eigenvalue weighted by Gasteiger charge is 2.26. The van der Waals surface area contributed by atoms with Crippen LogP contribution in [-0.4, -0.2) is 24.5 Å². The van der Waals surface area contributed by atoms with E-state index in [1.54, 1.807) is 30.3 Å². The number of benzene rings is 2. The molecule has 0 fully saturated rings. The Morgan fingerprint density at radius 1 is 1.08 bits per heavy atom. The molecular weight excluding hydrogens is 396 g/mol. The van der Waals surface area contributed by atoms with E-state index in [9.17, 15) is 9.59 Å². The second-order valence-electron chi connectivity index (χ2n) is 6.09. The maximum Gasteiger partial charge on any atom is 0.253 e. The normalized spacial score (nSPS) is 11.7. The molecule has 2 rings (SSSR count). The fourth-order valence-corrected chi connectivity index (χ4v) is 2.93. The van der Waals surface area contributed by atoms with E-state index in [1.165, 1.54) is 0 Å². The number of hydrogen-bond acceptors (Lipinski definition) is 3. The first-order valence-corrected chi connectivity index (χ1v) is 9.31. The van der Waals surface area contributed by atoms with Gasteiger partial charge in [0.2, 0.25) is 5.91 Å². The van der Waals surface area contributed by atoms with Crippen molar-refractivity contribution in [2.24, 2.45) is 5.92 Å². The van der Waals surface area contributed by atoms with Crippen LogP contribution in [0.2, 0.25) is 0 Å². The zero-order chi connectivity index (χ0) is 19.1. The summed E-state index contributed by atoms with van der Waals surface area (Å²) in [5.74, 6) is -0.0688. The second-order valence-corrected chi connectivity index (χ2v) is 6.95. The van der Waals surface area contributed by atoms with Crippen LogP contribution in [0.3, 0.4) is 0 Å². The summed E-state index contributed by atoms with van der Waals surface area (Å²) < 4.78 is 6.22. The molecule has 6 heteroatoms. The van der Waals surface area contributed by atoms with E-state index in [4.69, 9.17) is 4.74 Å². The van der Waals surface area contributed by atoms with Crippen molar-refractivity contribution in [3.63, 3.8) is 0 Å². The highest BCUT2D eigenvalue weighted by molar-refractivity contribution is 9.10. The molecular formula is C20H23BrN2O3. The zero-order valence-electron chi connectivity index (χ0n) is 15.1. The van der Waals surface area contributed by atoms with Gasteiger partial charge in [0.1, 0.15) is 11.8 Å². The first-order chi connectivity index (χ1) is 12.4. The van der Waals surface area contributed by atoms with E-state index in [0.717, 1.165) is 0 Å². The number of carbonyl (C=O) groups excluding carboxylic acids is 2. The van der Waals surface area contributed by atoms with Crippen molar-refractivity contribution in [3.8, 4) is 5.75 Å². The number of carbonyl (C=O) groups is 2. The lowest BCUT2D eigenvalue weighted by Gasteiger charge is -2.22. The second kappa shape index (κ2) is 9.38. The van der Waals surface area contributed by atoms with Crippen molar-refractivity contribution in [2.75, 3.05) is 11.9 Å². The van der Waals surface area contributed by atoms with E-state index in [2.05, 4.69) is 26.6 Å². The maximum absolute atomic E-state index is 12.8. The molecule has 2 amide bonds. The van der Waals surface area contributed by atoms with Crippen molar-refractivity contribution in [1.82, 2.24) is 5.32 Å². The third-order valence-electron chi connectivity index (χ3n) is 3.80. The summed E-state index contributed by atoms with van der Waals surface area (Å²) >= 11 is 3.36. The fraction of sp³-hybridized carbons (Fsp3) is 0.300. The largest absolute Gasteiger partial charge is 0.492 e. The van der Waals surface area contributed by atoms with E-state index in [-0.39, 0.29) is 17.7 Å². The van der Waals surface area contributed by atoms with E-state index < -0.39 is 6.04 Å². The summed E-state index contributed by atoms with van der Waals surface area (Å²) in [7, 11) is 0. The molecule has 0 saturated carbocycles. The fourth-order valence-electron chi connectivity index (χ4n) is 2.46. The number of halogens is 1. The third-order valence-corrected chi connectivity index (χ3v) is 4.49. The number of nitrogens with one attached hydrogen (secondary N) is 2. The standard InChI is InChI=1S/C20H23BrN2O3/c1-4-26-17-12-8-7-11-16(17)22-20(25)18(13(2)3)23-19(24)14-9-5-6-10-15(14)21/h5-13,18H,4H2,1-3H3,(H,22,25)(H,23,24)/t18-/m0/s1. The van der Waals surface area contributed by atoms with Crippen LogP contribution in [-0.2, 0) is 4.79 Å². The summed E-state index contributed by atoms with van der Waals surface area (Å²) in [6.07, 6.45) is 0. The molecule has 0 unspecified atom stereocenters. The van der Waals surface area contributed by atoms with E-state index in [0.29, 0.717) is 28.1 Å². The molecule has 2 aromatic carbocycles. The Morgan fingerprint density at radius 2 is 1.73 bits per heavy atom. The van der Waals surface area contributed by atoms with Crippen molar-refractivity contribution < 1.29 is 14.3 Å². The van der Waals surface area contributed by atoms with Gasteiger partial charge in [0.15, 0.2) is 0 Å². The Bertz CT molecular complexity index is 777. The Labute approximate surface area is 162 Å². The van der Waals surface area contributed by atoms with Crippen molar-refractivity contribution in [3.05, 3.63) is 58.6 Å². The lowest BCUT2D eigenvalue weighted by molar-refractivity contribution is -0.118. The van der Waals surface area contributed by atoms with E-state index in [1.807, 2.05) is 39.0 Å². The van der Waals surface area contributed by atoms with Gasteiger partial charge in [-0.2, -0.15) is 0 Å². The van der Waals surface area contributed by atoms with Crippen LogP contribution >= 0.6 is 15.9 Å². The van der Waals surface area contributed by atoms with Crippen molar-refractivity contribution >= 4 is 33.4 Å². The molecule has 0 aromatic heterocycles. The van der Waals surface area contributed by atoms with Gasteiger partial charge in [-0.15, -0.1) is 0 Å². The average molecular weight is 419 g/mol. The first kappa shape index (κ1) is 20.0. The summed E-state index contributed by atoms with van der Waals surface area (Å²) in [5, 5.41) is 5.68. The minimum Gasteiger partial charge on any atom is -0.492 e. The molecule has 0 bridgehead atoms. The molecule has 0 heterocycles. The summed E-state index contributed by atoms with van der Waals surface area (Å²) in [4.78, 5) is 25.3. The van der Waals surface area contributed by atoms with Gasteiger partial charge in [-0.05, 0) is 53.0 Å². The monoisotopic (exact) mass is 418 g/mol. The first-order valence-electron chi connectivity index (χ1n) is 8.52. The lowest BCUT2D eigenvalue weighted by atomic mass is 10.0. The van der Waals surface area contributed by atoms with Crippen LogP contribution in [0, 0.1) is 5.92 Å². The van der Waals surface area contributed by atoms with Gasteiger partial charge in [0.05, 0.1) is 17.9 Å². The molecule has 0 aliphatic heterocycles. The maximum atomic E-state index is 12.8. The highest BCUT2D eigenvalue weighted by Crippen LogP contribution is 2.24. The summed E-state index contributed by atoms with van der Waals surface area (Å²) in [6.45, 7) is 6.16. The topological polar surface area (TPSA) is 67.4 Å². The van der Waals surface area contributed by atoms with Gasteiger partial charge in [0.25, 0.3) is 5.91 Å². The number of amides is 2. The zero-order valence-corrected chi connectivity index (χ0v) is 16.7. The molecule has 2 N–H and O–H groups in total. The molecule has 0 aliphatic carbocycles. The molecule has 0 aliphatic rings. The molecule has 2 aromatic rings. The van der Waals surface area contributed by atoms with Gasteiger partial charge >= 0.3 is 0 Å².